The first-order valence-corrected chi connectivity index (χ1v) is 6.41. The van der Waals surface area contributed by atoms with Crippen molar-refractivity contribution in [3.05, 3.63) is 52.6 Å². The normalized spacial score (nSPS) is 17.9. The maximum Gasteiger partial charge on any atom is 0.119 e. The van der Waals surface area contributed by atoms with Gasteiger partial charge >= 0.3 is 0 Å². The van der Waals surface area contributed by atoms with E-state index < -0.39 is 6.10 Å². The first kappa shape index (κ1) is 12.9. The lowest BCUT2D eigenvalue weighted by Crippen LogP contribution is -2.06. The van der Waals surface area contributed by atoms with Gasteiger partial charge in [0.05, 0.1) is 6.10 Å². The summed E-state index contributed by atoms with van der Waals surface area (Å²) in [4.78, 5) is 0. The Morgan fingerprint density at radius 1 is 1.39 bits per heavy atom. The Morgan fingerprint density at radius 2 is 2.17 bits per heavy atom. The van der Waals surface area contributed by atoms with Gasteiger partial charge in [-0.15, -0.1) is 0 Å². The van der Waals surface area contributed by atoms with Gasteiger partial charge < -0.3 is 10.2 Å². The number of fused-ring (bicyclic) bond motifs is 1. The summed E-state index contributed by atoms with van der Waals surface area (Å²) in [6, 6.07) is 5.96. The molecule has 0 spiro atoms. The van der Waals surface area contributed by atoms with Crippen LogP contribution in [0, 0.1) is 0 Å². The fraction of sp³-hybridized carbons (Fsp3) is 0.375. The Bertz CT molecular complexity index is 494. The molecule has 1 aromatic carbocycles. The molecule has 1 aliphatic rings. The molecule has 1 aromatic rings. The molecule has 2 heteroatoms. The Balaban J connectivity index is 2.19. The monoisotopic (exact) mass is 244 g/mol. The second-order valence-electron chi connectivity index (χ2n) is 5.08. The largest absolute Gasteiger partial charge is 0.508 e. The highest BCUT2D eigenvalue weighted by molar-refractivity contribution is 5.65. The third-order valence-corrected chi connectivity index (χ3v) is 3.27. The van der Waals surface area contributed by atoms with Crippen molar-refractivity contribution in [1.29, 1.82) is 0 Å². The van der Waals surface area contributed by atoms with Gasteiger partial charge in [0.1, 0.15) is 5.76 Å². The molecular weight excluding hydrogens is 224 g/mol. The van der Waals surface area contributed by atoms with Gasteiger partial charge in [-0.05, 0) is 56.4 Å². The molecule has 0 radical (unpaired) electrons. The zero-order valence-corrected chi connectivity index (χ0v) is 11.0. The molecule has 0 amide bonds. The highest BCUT2D eigenvalue weighted by Gasteiger charge is 2.19. The van der Waals surface area contributed by atoms with Gasteiger partial charge in [0.2, 0.25) is 0 Å². The van der Waals surface area contributed by atoms with Crippen molar-refractivity contribution in [3.63, 3.8) is 0 Å². The van der Waals surface area contributed by atoms with Crippen LogP contribution >= 0.6 is 0 Å². The van der Waals surface area contributed by atoms with Crippen LogP contribution < -0.4 is 0 Å². The lowest BCUT2D eigenvalue weighted by atomic mass is 9.91. The number of benzene rings is 1. The van der Waals surface area contributed by atoms with Gasteiger partial charge in [-0.25, -0.2) is 0 Å². The highest BCUT2D eigenvalue weighted by atomic mass is 16.3. The lowest BCUT2D eigenvalue weighted by Gasteiger charge is -2.19. The first-order valence-electron chi connectivity index (χ1n) is 6.41. The summed E-state index contributed by atoms with van der Waals surface area (Å²) < 4.78 is 0. The maximum atomic E-state index is 9.86. The van der Waals surface area contributed by atoms with Crippen LogP contribution in [0.2, 0.25) is 0 Å². The summed E-state index contributed by atoms with van der Waals surface area (Å²) >= 11 is 0. The van der Waals surface area contributed by atoms with Gasteiger partial charge in [-0.2, -0.15) is 0 Å². The zero-order valence-electron chi connectivity index (χ0n) is 11.0. The minimum absolute atomic E-state index is 0.291. The van der Waals surface area contributed by atoms with Crippen LogP contribution in [0.25, 0.3) is 5.76 Å². The average molecular weight is 244 g/mol. The molecule has 2 nitrogen and oxygen atoms in total. The molecule has 0 heterocycles. The molecular formula is C16H20O2. The minimum atomic E-state index is -0.484. The van der Waals surface area contributed by atoms with Crippen molar-refractivity contribution in [2.75, 3.05) is 0 Å². The summed E-state index contributed by atoms with van der Waals surface area (Å²) in [5.74, 6) is 0.291. The number of aliphatic hydroxyl groups excluding tert-OH is 2. The Morgan fingerprint density at radius 3 is 2.89 bits per heavy atom. The van der Waals surface area contributed by atoms with E-state index in [1.807, 2.05) is 18.2 Å². The van der Waals surface area contributed by atoms with Crippen LogP contribution in [0.1, 0.15) is 49.5 Å². The average Bonchev–Trinajstić information content (AvgIpc) is 2.34. The number of hydrogen-bond acceptors (Lipinski definition) is 2. The molecule has 0 bridgehead atoms. The summed E-state index contributed by atoms with van der Waals surface area (Å²) in [5, 5.41) is 19.7. The summed E-state index contributed by atoms with van der Waals surface area (Å²) in [5.41, 5.74) is 4.14. The molecule has 1 atom stereocenters. The summed E-state index contributed by atoms with van der Waals surface area (Å²) in [6.45, 7) is 4.19. The van der Waals surface area contributed by atoms with Crippen LogP contribution in [-0.4, -0.2) is 10.2 Å². The molecule has 18 heavy (non-hydrogen) atoms. The number of rotatable bonds is 3. The van der Waals surface area contributed by atoms with E-state index in [0.29, 0.717) is 12.2 Å². The standard InChI is InChI=1S/C16H20O2/c1-11(2)4-3-5-12-6-7-13-14(10-12)16(18)9-8-15(13)17/h4,6-7,9-10,15,17-18H,3,5,8H2,1-2H3. The highest BCUT2D eigenvalue weighted by Crippen LogP contribution is 2.32. The third-order valence-electron chi connectivity index (χ3n) is 3.27. The van der Waals surface area contributed by atoms with Crippen LogP contribution in [0.3, 0.4) is 0 Å². The Kier molecular flexibility index (Phi) is 3.87. The molecule has 1 unspecified atom stereocenters. The maximum absolute atomic E-state index is 9.86. The molecule has 1 aliphatic carbocycles. The molecule has 96 valence electrons. The van der Waals surface area contributed by atoms with E-state index in [2.05, 4.69) is 19.9 Å². The van der Waals surface area contributed by atoms with Crippen LogP contribution in [0.5, 0.6) is 0 Å². The number of aliphatic hydroxyl groups is 2. The fourth-order valence-electron chi connectivity index (χ4n) is 2.26. The van der Waals surface area contributed by atoms with E-state index >= 15 is 0 Å². The third kappa shape index (κ3) is 2.82. The summed E-state index contributed by atoms with van der Waals surface area (Å²) in [6.07, 6.45) is 5.88. The number of allylic oxidation sites excluding steroid dienone is 2. The van der Waals surface area contributed by atoms with E-state index in [1.165, 1.54) is 11.1 Å². The topological polar surface area (TPSA) is 40.5 Å². The lowest BCUT2D eigenvalue weighted by molar-refractivity contribution is 0.178. The van der Waals surface area contributed by atoms with Gasteiger partial charge in [0, 0.05) is 5.56 Å². The van der Waals surface area contributed by atoms with Crippen molar-refractivity contribution in [1.82, 2.24) is 0 Å². The van der Waals surface area contributed by atoms with Crippen molar-refractivity contribution < 1.29 is 10.2 Å². The first-order chi connectivity index (χ1) is 8.58. The van der Waals surface area contributed by atoms with E-state index in [4.69, 9.17) is 0 Å². The van der Waals surface area contributed by atoms with E-state index in [0.717, 1.165) is 24.0 Å². The second kappa shape index (κ2) is 5.40. The van der Waals surface area contributed by atoms with Gasteiger partial charge in [0.25, 0.3) is 0 Å². The predicted octanol–water partition coefficient (Wildman–Crippen LogP) is 3.92. The Labute approximate surface area is 108 Å². The number of hydrogen-bond donors (Lipinski definition) is 2. The number of aryl methyl sites for hydroxylation is 1. The molecule has 2 N–H and O–H groups in total. The second-order valence-corrected chi connectivity index (χ2v) is 5.08. The molecule has 0 fully saturated rings. The quantitative estimate of drug-likeness (QED) is 0.791. The zero-order chi connectivity index (χ0) is 13.1. The van der Waals surface area contributed by atoms with Crippen molar-refractivity contribution >= 4 is 5.76 Å². The van der Waals surface area contributed by atoms with Gasteiger partial charge in [-0.1, -0.05) is 23.8 Å². The molecule has 0 saturated heterocycles. The van der Waals surface area contributed by atoms with Crippen LogP contribution in [0.15, 0.2) is 35.9 Å². The van der Waals surface area contributed by atoms with E-state index in [-0.39, 0.29) is 0 Å². The molecule has 0 aromatic heterocycles. The van der Waals surface area contributed by atoms with Crippen LogP contribution in [-0.2, 0) is 6.42 Å². The van der Waals surface area contributed by atoms with Crippen molar-refractivity contribution in [2.24, 2.45) is 0 Å². The van der Waals surface area contributed by atoms with Gasteiger partial charge in [0.15, 0.2) is 0 Å². The SMILES string of the molecule is CC(C)=CCCc1ccc2c(c1)C(O)=CCC2O. The molecule has 0 aliphatic heterocycles. The Hall–Kier alpha value is -1.54. The fourth-order valence-corrected chi connectivity index (χ4v) is 2.26. The van der Waals surface area contributed by atoms with E-state index in [1.54, 1.807) is 6.08 Å². The molecule has 0 saturated carbocycles. The molecule has 2 rings (SSSR count). The smallest absolute Gasteiger partial charge is 0.119 e. The van der Waals surface area contributed by atoms with Crippen molar-refractivity contribution in [3.8, 4) is 0 Å². The van der Waals surface area contributed by atoms with E-state index in [9.17, 15) is 10.2 Å². The van der Waals surface area contributed by atoms with Crippen LogP contribution in [0.4, 0.5) is 0 Å². The summed E-state index contributed by atoms with van der Waals surface area (Å²) in [7, 11) is 0. The van der Waals surface area contributed by atoms with Crippen molar-refractivity contribution in [2.45, 2.75) is 39.2 Å². The van der Waals surface area contributed by atoms with Gasteiger partial charge in [-0.3, -0.25) is 0 Å². The predicted molar refractivity (Wildman–Crippen MR) is 74.4 cm³/mol. The minimum Gasteiger partial charge on any atom is -0.508 e.